The van der Waals surface area contributed by atoms with Crippen molar-refractivity contribution in [2.45, 2.75) is 13.0 Å². The summed E-state index contributed by atoms with van der Waals surface area (Å²) >= 11 is 13.8. The van der Waals surface area contributed by atoms with Crippen LogP contribution in [0.3, 0.4) is 0 Å². The summed E-state index contributed by atoms with van der Waals surface area (Å²) in [5.74, 6) is -0.152. The Balaban J connectivity index is 1.70. The van der Waals surface area contributed by atoms with E-state index in [4.69, 9.17) is 23.2 Å². The largest absolute Gasteiger partial charge is 0.322 e. The number of carbonyl (C=O) groups is 1. The number of nitrogens with one attached hydrogen (secondary N) is 1. The third kappa shape index (κ3) is 4.54. The molecule has 4 rings (SSSR count). The van der Waals surface area contributed by atoms with Crippen LogP contribution in [0.25, 0.3) is 0 Å². The minimum Gasteiger partial charge on any atom is -0.322 e. The first kappa shape index (κ1) is 20.1. The molecule has 1 aliphatic rings. The Morgan fingerprint density at radius 3 is 2.69 bits per heavy atom. The summed E-state index contributed by atoms with van der Waals surface area (Å²) in [5.41, 5.74) is 3.26. The molecule has 0 spiro atoms. The number of thiophene rings is 1. The molecule has 2 aromatic carbocycles. The van der Waals surface area contributed by atoms with Gasteiger partial charge in [0.25, 0.3) is 5.91 Å². The first-order chi connectivity index (χ1) is 14.0. The molecule has 0 atom stereocenters. The number of amides is 1. The third-order valence-corrected chi connectivity index (χ3v) is 6.51. The van der Waals surface area contributed by atoms with Gasteiger partial charge in [0.15, 0.2) is 0 Å². The molecule has 1 amide bonds. The molecule has 0 aliphatic carbocycles. The van der Waals surface area contributed by atoms with Crippen molar-refractivity contribution in [1.82, 2.24) is 4.90 Å². The molecule has 0 fully saturated rings. The molecular formula is C22H19Cl2N3OS. The summed E-state index contributed by atoms with van der Waals surface area (Å²) in [6, 6.07) is 14.6. The Kier molecular flexibility index (Phi) is 6.01. The van der Waals surface area contributed by atoms with E-state index < -0.39 is 0 Å². The molecule has 4 nitrogen and oxygen atoms in total. The molecule has 29 heavy (non-hydrogen) atoms. The zero-order valence-electron chi connectivity index (χ0n) is 15.8. The number of benzene rings is 2. The summed E-state index contributed by atoms with van der Waals surface area (Å²) < 4.78 is 0. The van der Waals surface area contributed by atoms with Gasteiger partial charge in [0.2, 0.25) is 0 Å². The predicted octanol–water partition coefficient (Wildman–Crippen LogP) is 6.05. The summed E-state index contributed by atoms with van der Waals surface area (Å²) in [4.78, 5) is 21.3. The van der Waals surface area contributed by atoms with Crippen molar-refractivity contribution in [3.05, 3.63) is 80.1 Å². The van der Waals surface area contributed by atoms with E-state index in [0.717, 1.165) is 30.6 Å². The number of carbonyl (C=O) groups excluding carboxylic acids is 1. The van der Waals surface area contributed by atoms with Gasteiger partial charge >= 0.3 is 0 Å². The van der Waals surface area contributed by atoms with E-state index in [-0.39, 0.29) is 5.91 Å². The second kappa shape index (κ2) is 8.67. The number of fused-ring (bicyclic) bond motifs is 1. The molecule has 2 heterocycles. The van der Waals surface area contributed by atoms with Gasteiger partial charge in [-0.1, -0.05) is 41.4 Å². The topological polar surface area (TPSA) is 44.7 Å². The van der Waals surface area contributed by atoms with Crippen molar-refractivity contribution in [3.63, 3.8) is 0 Å². The Bertz CT molecular complexity index is 1080. The van der Waals surface area contributed by atoms with E-state index >= 15 is 0 Å². The number of nitrogens with zero attached hydrogens (tertiary/aromatic N) is 2. The monoisotopic (exact) mass is 443 g/mol. The Morgan fingerprint density at radius 2 is 1.93 bits per heavy atom. The highest BCUT2D eigenvalue weighted by Crippen LogP contribution is 2.39. The van der Waals surface area contributed by atoms with Crippen LogP contribution in [0.2, 0.25) is 10.0 Å². The Morgan fingerprint density at radius 1 is 1.17 bits per heavy atom. The quantitative estimate of drug-likeness (QED) is 0.499. The zero-order valence-corrected chi connectivity index (χ0v) is 18.1. The van der Waals surface area contributed by atoms with Crippen LogP contribution >= 0.6 is 34.5 Å². The highest BCUT2D eigenvalue weighted by molar-refractivity contribution is 7.16. The van der Waals surface area contributed by atoms with E-state index in [1.807, 2.05) is 24.3 Å². The SMILES string of the molecule is CN1CCc2c(sc(/N=C/c3ccccc3Cl)c2C(=O)Nc2ccc(Cl)cc2)C1. The first-order valence-electron chi connectivity index (χ1n) is 9.20. The van der Waals surface area contributed by atoms with Crippen molar-refractivity contribution >= 4 is 57.3 Å². The average Bonchev–Trinajstić information content (AvgIpc) is 3.06. The molecule has 1 N–H and O–H groups in total. The lowest BCUT2D eigenvalue weighted by atomic mass is 10.0. The van der Waals surface area contributed by atoms with Crippen molar-refractivity contribution in [3.8, 4) is 0 Å². The minimum absolute atomic E-state index is 0.152. The summed E-state index contributed by atoms with van der Waals surface area (Å²) in [7, 11) is 2.09. The van der Waals surface area contributed by atoms with E-state index in [2.05, 4.69) is 22.3 Å². The van der Waals surface area contributed by atoms with Gasteiger partial charge in [-0.3, -0.25) is 4.79 Å². The van der Waals surface area contributed by atoms with Gasteiger partial charge < -0.3 is 10.2 Å². The molecule has 0 saturated heterocycles. The van der Waals surface area contributed by atoms with Crippen LogP contribution in [-0.2, 0) is 13.0 Å². The van der Waals surface area contributed by atoms with Crippen molar-refractivity contribution < 1.29 is 4.79 Å². The molecular weight excluding hydrogens is 425 g/mol. The average molecular weight is 444 g/mol. The van der Waals surface area contributed by atoms with Crippen molar-refractivity contribution in [2.75, 3.05) is 18.9 Å². The lowest BCUT2D eigenvalue weighted by Gasteiger charge is -2.22. The predicted molar refractivity (Wildman–Crippen MR) is 122 cm³/mol. The molecule has 1 aromatic heterocycles. The maximum Gasteiger partial charge on any atom is 0.259 e. The van der Waals surface area contributed by atoms with Gasteiger partial charge in [0.05, 0.1) is 5.56 Å². The van der Waals surface area contributed by atoms with Gasteiger partial charge in [-0.15, -0.1) is 11.3 Å². The summed E-state index contributed by atoms with van der Waals surface area (Å²) in [5, 5.41) is 4.94. The minimum atomic E-state index is -0.152. The van der Waals surface area contributed by atoms with E-state index in [1.54, 1.807) is 41.8 Å². The standard InChI is InChI=1S/C22H19Cl2N3OS/c1-27-11-10-17-19(13-27)29-22(25-12-14-4-2-3-5-18(14)24)20(17)21(28)26-16-8-6-15(23)7-9-16/h2-9,12H,10-11,13H2,1H3,(H,26,28)/b25-12+. The maximum absolute atomic E-state index is 13.2. The molecule has 3 aromatic rings. The molecule has 0 radical (unpaired) electrons. The molecule has 0 saturated carbocycles. The zero-order chi connectivity index (χ0) is 20.4. The molecule has 7 heteroatoms. The van der Waals surface area contributed by atoms with E-state index in [0.29, 0.717) is 26.3 Å². The second-order valence-corrected chi connectivity index (χ2v) is 8.84. The highest BCUT2D eigenvalue weighted by Gasteiger charge is 2.27. The van der Waals surface area contributed by atoms with Gasteiger partial charge in [0, 0.05) is 45.5 Å². The Hall–Kier alpha value is -2.18. The number of aliphatic imine (C=N–C) groups is 1. The maximum atomic E-state index is 13.2. The van der Waals surface area contributed by atoms with Crippen LogP contribution in [-0.4, -0.2) is 30.6 Å². The smallest absolute Gasteiger partial charge is 0.259 e. The first-order valence-corrected chi connectivity index (χ1v) is 10.8. The second-order valence-electron chi connectivity index (χ2n) is 6.91. The van der Waals surface area contributed by atoms with Crippen LogP contribution in [0.5, 0.6) is 0 Å². The molecule has 148 valence electrons. The fraction of sp³-hybridized carbons (Fsp3) is 0.182. The lowest BCUT2D eigenvalue weighted by molar-refractivity contribution is 0.102. The highest BCUT2D eigenvalue weighted by atomic mass is 35.5. The number of hydrogen-bond acceptors (Lipinski definition) is 4. The fourth-order valence-electron chi connectivity index (χ4n) is 3.28. The van der Waals surface area contributed by atoms with Crippen LogP contribution in [0.1, 0.15) is 26.4 Å². The van der Waals surface area contributed by atoms with Crippen LogP contribution < -0.4 is 5.32 Å². The van der Waals surface area contributed by atoms with E-state index in [9.17, 15) is 4.79 Å². The Labute approximate surface area is 183 Å². The van der Waals surface area contributed by atoms with Gasteiger partial charge in [-0.2, -0.15) is 0 Å². The van der Waals surface area contributed by atoms with Gasteiger partial charge in [-0.05, 0) is 49.4 Å². The third-order valence-electron chi connectivity index (χ3n) is 4.78. The number of rotatable bonds is 4. The van der Waals surface area contributed by atoms with Crippen LogP contribution in [0.4, 0.5) is 10.7 Å². The summed E-state index contributed by atoms with van der Waals surface area (Å²) in [6.45, 7) is 1.74. The van der Waals surface area contributed by atoms with Crippen molar-refractivity contribution in [1.29, 1.82) is 0 Å². The van der Waals surface area contributed by atoms with E-state index in [1.165, 1.54) is 4.88 Å². The molecule has 1 aliphatic heterocycles. The molecule has 0 bridgehead atoms. The number of anilines is 1. The molecule has 0 unspecified atom stereocenters. The van der Waals surface area contributed by atoms with Crippen LogP contribution in [0, 0.1) is 0 Å². The number of halogens is 2. The van der Waals surface area contributed by atoms with Gasteiger partial charge in [-0.25, -0.2) is 4.99 Å². The lowest BCUT2D eigenvalue weighted by Crippen LogP contribution is -2.26. The number of hydrogen-bond donors (Lipinski definition) is 1. The van der Waals surface area contributed by atoms with Gasteiger partial charge in [0.1, 0.15) is 5.00 Å². The van der Waals surface area contributed by atoms with Crippen molar-refractivity contribution in [2.24, 2.45) is 4.99 Å². The fourth-order valence-corrected chi connectivity index (χ4v) is 4.86. The summed E-state index contributed by atoms with van der Waals surface area (Å²) in [6.07, 6.45) is 2.55. The van der Waals surface area contributed by atoms with Crippen LogP contribution in [0.15, 0.2) is 53.5 Å². The number of likely N-dealkylation sites (N-methyl/N-ethyl adjacent to an activating group) is 1. The normalized spacial score (nSPS) is 14.2.